The van der Waals surface area contributed by atoms with Gasteiger partial charge >= 0.3 is 6.01 Å². The molecule has 6 rings (SSSR count). The maximum atomic E-state index is 13.6. The number of aromatic nitrogens is 4. The molecule has 3 heterocycles. The zero-order valence-electron chi connectivity index (χ0n) is 20.8. The van der Waals surface area contributed by atoms with Gasteiger partial charge in [0.05, 0.1) is 12.1 Å². The molecule has 0 amide bonds. The minimum atomic E-state index is -2.64. The third kappa shape index (κ3) is 5.08. The third-order valence-electron chi connectivity index (χ3n) is 7.77. The number of alkyl halides is 2. The first-order valence-corrected chi connectivity index (χ1v) is 13.1. The quantitative estimate of drug-likeness (QED) is 0.390. The Morgan fingerprint density at radius 3 is 2.58 bits per heavy atom. The lowest BCUT2D eigenvalue weighted by molar-refractivity contribution is -0.115. The normalized spacial score (nSPS) is 24.2. The number of pyridine rings is 1. The first-order chi connectivity index (χ1) is 18.3. The lowest BCUT2D eigenvalue weighted by atomic mass is 9.81. The van der Waals surface area contributed by atoms with Crippen LogP contribution in [0.4, 0.5) is 24.8 Å². The average molecular weight is 549 g/mol. The maximum absolute atomic E-state index is 13.6. The molecular weight excluding hydrogens is 521 g/mol. The van der Waals surface area contributed by atoms with Gasteiger partial charge in [0, 0.05) is 62.5 Å². The predicted octanol–water partition coefficient (Wildman–Crippen LogP) is 5.64. The van der Waals surface area contributed by atoms with Crippen molar-refractivity contribution < 1.29 is 22.6 Å². The number of anilines is 2. The third-order valence-corrected chi connectivity index (χ3v) is 8.06. The number of nitrogens with zero attached hydrogens (tertiary/aromatic N) is 5. The molecule has 3 atom stereocenters. The van der Waals surface area contributed by atoms with E-state index in [1.807, 2.05) is 12.1 Å². The highest BCUT2D eigenvalue weighted by molar-refractivity contribution is 6.30. The summed E-state index contributed by atoms with van der Waals surface area (Å²) in [6.07, 6.45) is 3.52. The molecule has 1 aliphatic heterocycles. The number of piperidine rings is 1. The number of ether oxygens (including phenoxy) is 2. The summed E-state index contributed by atoms with van der Waals surface area (Å²) in [7, 11) is 1.61. The summed E-state index contributed by atoms with van der Waals surface area (Å²) in [5.41, 5.74) is 1.08. The van der Waals surface area contributed by atoms with Gasteiger partial charge in [-0.1, -0.05) is 11.6 Å². The van der Waals surface area contributed by atoms with Gasteiger partial charge in [-0.3, -0.25) is 0 Å². The Kier molecular flexibility index (Phi) is 6.49. The summed E-state index contributed by atoms with van der Waals surface area (Å²) < 4.78 is 53.2. The fourth-order valence-electron chi connectivity index (χ4n) is 5.91. The molecular formula is C26H28ClF3N6O2. The van der Waals surface area contributed by atoms with Crippen LogP contribution in [0.25, 0.3) is 0 Å². The number of hydrogen-bond acceptors (Lipinski definition) is 7. The molecule has 3 aromatic rings. The molecule has 202 valence electrons. The van der Waals surface area contributed by atoms with Crippen molar-refractivity contribution in [2.45, 2.75) is 44.2 Å². The molecule has 8 nitrogen and oxygen atoms in total. The highest BCUT2D eigenvalue weighted by atomic mass is 35.5. The number of rotatable bonds is 8. The SMILES string of the molecule is COc1cc(N2C[C@H]3CC[C@@H](C2)[C@@H]3Nc2nc(Oc3ccc(F)c(Cl)c3)n(CC3CC(F)(F)C3)n2)ccn1. The lowest BCUT2D eigenvalue weighted by Gasteiger charge is -2.39. The molecule has 0 radical (unpaired) electrons. The van der Waals surface area contributed by atoms with E-state index >= 15 is 0 Å². The lowest BCUT2D eigenvalue weighted by Crippen LogP contribution is -2.48. The van der Waals surface area contributed by atoms with Gasteiger partial charge in [0.15, 0.2) is 0 Å². The summed E-state index contributed by atoms with van der Waals surface area (Å²) in [5.74, 6) is -1.40. The molecule has 12 heteroatoms. The Labute approximate surface area is 223 Å². The second-order valence-electron chi connectivity index (χ2n) is 10.4. The number of fused-ring (bicyclic) bond motifs is 2. The Bertz CT molecular complexity index is 1300. The molecule has 2 aromatic heterocycles. The van der Waals surface area contributed by atoms with Crippen LogP contribution in [0.1, 0.15) is 25.7 Å². The number of hydrogen-bond donors (Lipinski definition) is 1. The first kappa shape index (κ1) is 25.1. The van der Waals surface area contributed by atoms with E-state index in [0.717, 1.165) is 31.6 Å². The van der Waals surface area contributed by atoms with Gasteiger partial charge < -0.3 is 19.7 Å². The molecule has 0 unspecified atom stereocenters. The summed E-state index contributed by atoms with van der Waals surface area (Å²) in [4.78, 5) is 11.1. The van der Waals surface area contributed by atoms with E-state index in [0.29, 0.717) is 23.7 Å². The molecule has 2 aliphatic carbocycles. The molecule has 38 heavy (non-hydrogen) atoms. The van der Waals surface area contributed by atoms with Gasteiger partial charge in [0.2, 0.25) is 17.8 Å². The highest BCUT2D eigenvalue weighted by Crippen LogP contribution is 2.44. The Balaban J connectivity index is 1.19. The Hall–Kier alpha value is -3.21. The molecule has 1 N–H and O–H groups in total. The van der Waals surface area contributed by atoms with E-state index in [1.165, 1.54) is 22.9 Å². The van der Waals surface area contributed by atoms with E-state index in [-0.39, 0.29) is 48.1 Å². The van der Waals surface area contributed by atoms with Crippen LogP contribution in [0.3, 0.4) is 0 Å². The van der Waals surface area contributed by atoms with Gasteiger partial charge in [-0.25, -0.2) is 22.8 Å². The van der Waals surface area contributed by atoms with Crippen LogP contribution in [0.15, 0.2) is 36.5 Å². The number of benzene rings is 1. The second kappa shape index (κ2) is 9.83. The van der Waals surface area contributed by atoms with Crippen LogP contribution in [0.5, 0.6) is 17.6 Å². The van der Waals surface area contributed by atoms with Crippen LogP contribution in [0, 0.1) is 23.6 Å². The van der Waals surface area contributed by atoms with Gasteiger partial charge in [0.1, 0.15) is 11.6 Å². The molecule has 1 saturated heterocycles. The Morgan fingerprint density at radius 1 is 1.13 bits per heavy atom. The molecule has 2 bridgehead atoms. The molecule has 3 aliphatic rings. The van der Waals surface area contributed by atoms with E-state index in [4.69, 9.17) is 21.1 Å². The van der Waals surface area contributed by atoms with Gasteiger partial charge in [-0.05, 0) is 48.8 Å². The minimum absolute atomic E-state index is 0.0827. The van der Waals surface area contributed by atoms with Crippen molar-refractivity contribution in [1.82, 2.24) is 19.7 Å². The predicted molar refractivity (Wildman–Crippen MR) is 136 cm³/mol. The largest absolute Gasteiger partial charge is 0.481 e. The fourth-order valence-corrected chi connectivity index (χ4v) is 6.08. The molecule has 2 saturated carbocycles. The average Bonchev–Trinajstić information content (AvgIpc) is 3.34. The van der Waals surface area contributed by atoms with Crippen LogP contribution in [-0.4, -0.2) is 51.9 Å². The smallest absolute Gasteiger partial charge is 0.322 e. The first-order valence-electron chi connectivity index (χ1n) is 12.7. The maximum Gasteiger partial charge on any atom is 0.322 e. The topological polar surface area (TPSA) is 77.3 Å². The van der Waals surface area contributed by atoms with Crippen LogP contribution >= 0.6 is 11.6 Å². The van der Waals surface area contributed by atoms with Crippen molar-refractivity contribution in [1.29, 1.82) is 0 Å². The summed E-state index contributed by atoms with van der Waals surface area (Å²) >= 11 is 5.91. The highest BCUT2D eigenvalue weighted by Gasteiger charge is 2.46. The van der Waals surface area contributed by atoms with Crippen molar-refractivity contribution in [2.24, 2.45) is 17.8 Å². The standard InChI is InChI=1S/C26H28ClF3N6O2/c1-37-22-8-18(6-7-31-22)35-13-16-2-3-17(14-35)23(16)32-24-33-25(38-19-4-5-21(28)20(27)9-19)36(34-24)12-15-10-26(29,30)11-15/h4-9,15-17,23H,2-3,10-14H2,1H3,(H,32,34)/t16-,17+,23-. The van der Waals surface area contributed by atoms with Crippen LogP contribution in [0.2, 0.25) is 5.02 Å². The zero-order chi connectivity index (χ0) is 26.4. The van der Waals surface area contributed by atoms with Gasteiger partial charge in [-0.15, -0.1) is 5.10 Å². The van der Waals surface area contributed by atoms with Crippen LogP contribution in [-0.2, 0) is 6.54 Å². The summed E-state index contributed by atoms with van der Waals surface area (Å²) in [6, 6.07) is 8.26. The van der Waals surface area contributed by atoms with Gasteiger partial charge in [-0.2, -0.15) is 4.98 Å². The van der Waals surface area contributed by atoms with E-state index in [1.54, 1.807) is 13.3 Å². The Morgan fingerprint density at radius 2 is 1.89 bits per heavy atom. The fraction of sp³-hybridized carbons (Fsp3) is 0.500. The number of halogens is 4. The van der Waals surface area contributed by atoms with Gasteiger partial charge in [0.25, 0.3) is 0 Å². The molecule has 0 spiro atoms. The monoisotopic (exact) mass is 548 g/mol. The zero-order valence-corrected chi connectivity index (χ0v) is 21.5. The van der Waals surface area contributed by atoms with E-state index in [2.05, 4.69) is 25.3 Å². The summed E-state index contributed by atoms with van der Waals surface area (Å²) in [6.45, 7) is 2.00. The number of nitrogens with one attached hydrogen (secondary N) is 1. The number of methoxy groups -OCH3 is 1. The van der Waals surface area contributed by atoms with Crippen LogP contribution < -0.4 is 19.7 Å². The van der Waals surface area contributed by atoms with E-state index < -0.39 is 11.7 Å². The van der Waals surface area contributed by atoms with E-state index in [9.17, 15) is 13.2 Å². The van der Waals surface area contributed by atoms with Crippen molar-refractivity contribution in [3.8, 4) is 17.6 Å². The van der Waals surface area contributed by atoms with Crippen molar-refractivity contribution in [3.05, 3.63) is 47.4 Å². The van der Waals surface area contributed by atoms with Crippen molar-refractivity contribution in [3.63, 3.8) is 0 Å². The minimum Gasteiger partial charge on any atom is -0.481 e. The second-order valence-corrected chi connectivity index (χ2v) is 10.8. The molecule has 1 aromatic carbocycles. The molecule has 3 fully saturated rings. The van der Waals surface area contributed by atoms with Crippen molar-refractivity contribution in [2.75, 3.05) is 30.4 Å². The van der Waals surface area contributed by atoms with Crippen molar-refractivity contribution >= 4 is 23.2 Å². The summed E-state index contributed by atoms with van der Waals surface area (Å²) in [5, 5.41) is 8.01.